The second-order valence-corrected chi connectivity index (χ2v) is 7.92. The molecule has 8 heteroatoms. The van der Waals surface area contributed by atoms with Crippen molar-refractivity contribution in [3.8, 4) is 0 Å². The third-order valence-electron chi connectivity index (χ3n) is 4.71. The zero-order chi connectivity index (χ0) is 22.2. The second-order valence-electron chi connectivity index (χ2n) is 6.84. The van der Waals surface area contributed by atoms with Gasteiger partial charge in [-0.25, -0.2) is 0 Å². The highest BCUT2D eigenvalue weighted by Crippen LogP contribution is 2.26. The van der Waals surface area contributed by atoms with E-state index in [9.17, 15) is 14.4 Å². The molecule has 0 aliphatic heterocycles. The Morgan fingerprint density at radius 1 is 0.839 bits per heavy atom. The van der Waals surface area contributed by atoms with Gasteiger partial charge in [0.25, 0.3) is 0 Å². The number of rotatable bonds is 10. The van der Waals surface area contributed by atoms with E-state index < -0.39 is 17.9 Å². The van der Waals surface area contributed by atoms with Gasteiger partial charge in [0.1, 0.15) is 13.2 Å². The van der Waals surface area contributed by atoms with E-state index in [1.807, 2.05) is 30.3 Å². The molecule has 0 aliphatic rings. The van der Waals surface area contributed by atoms with Crippen LogP contribution in [-0.4, -0.2) is 52.6 Å². The highest BCUT2D eigenvalue weighted by molar-refractivity contribution is 7.24. The van der Waals surface area contributed by atoms with Gasteiger partial charge in [-0.05, 0) is 36.2 Å². The minimum absolute atomic E-state index is 0.0350. The van der Waals surface area contributed by atoms with Crippen molar-refractivity contribution < 1.29 is 28.5 Å². The summed E-state index contributed by atoms with van der Waals surface area (Å²) in [5, 5.41) is 1.20. The topological polar surface area (TPSA) is 88.1 Å². The molecule has 31 heavy (non-hydrogen) atoms. The van der Waals surface area contributed by atoms with E-state index in [1.54, 1.807) is 12.1 Å². The van der Waals surface area contributed by atoms with Gasteiger partial charge in [-0.2, -0.15) is 0 Å². The van der Waals surface area contributed by atoms with Gasteiger partial charge in [0.05, 0.1) is 13.2 Å². The molecule has 1 aromatic heterocycles. The Labute approximate surface area is 183 Å². The predicted octanol–water partition coefficient (Wildman–Crippen LogP) is 2.95. The summed E-state index contributed by atoms with van der Waals surface area (Å²) in [5.41, 5.74) is 0.595. The van der Waals surface area contributed by atoms with Gasteiger partial charge in [0, 0.05) is 34.4 Å². The van der Waals surface area contributed by atoms with Crippen LogP contribution in [0.2, 0.25) is 0 Å². The highest BCUT2D eigenvalue weighted by Gasteiger charge is 2.30. The number of benzene rings is 2. The quantitative estimate of drug-likeness (QED) is 0.206. The Morgan fingerprint density at radius 2 is 1.45 bits per heavy atom. The lowest BCUT2D eigenvalue weighted by Crippen LogP contribution is -2.31. The van der Waals surface area contributed by atoms with Gasteiger partial charge >= 0.3 is 11.9 Å². The molecule has 0 aliphatic carbocycles. The number of carbonyl (C=O) groups excluding carboxylic acids is 2. The van der Waals surface area contributed by atoms with Crippen molar-refractivity contribution in [1.82, 2.24) is 0 Å². The summed E-state index contributed by atoms with van der Waals surface area (Å²) in [5.74, 6) is -2.53. The van der Waals surface area contributed by atoms with Crippen LogP contribution < -0.4 is 5.43 Å². The minimum atomic E-state index is -1.15. The first kappa shape index (κ1) is 22.9. The van der Waals surface area contributed by atoms with Crippen LogP contribution in [0.4, 0.5) is 0 Å². The van der Waals surface area contributed by atoms with Crippen LogP contribution in [0.25, 0.3) is 20.2 Å². The van der Waals surface area contributed by atoms with Crippen LogP contribution in [0.3, 0.4) is 0 Å². The van der Waals surface area contributed by atoms with Crippen LogP contribution in [0.5, 0.6) is 0 Å². The number of methoxy groups -OCH3 is 2. The second kappa shape index (κ2) is 11.0. The van der Waals surface area contributed by atoms with E-state index in [0.29, 0.717) is 16.3 Å². The summed E-state index contributed by atoms with van der Waals surface area (Å²) in [6.45, 7) is 0.517. The number of esters is 2. The Bertz CT molecular complexity index is 1100. The van der Waals surface area contributed by atoms with Crippen LogP contribution in [0, 0.1) is 5.92 Å². The largest absolute Gasteiger partial charge is 0.463 e. The van der Waals surface area contributed by atoms with E-state index >= 15 is 0 Å². The van der Waals surface area contributed by atoms with Crippen LogP contribution in [0.15, 0.2) is 47.3 Å². The molecule has 3 aromatic rings. The molecular formula is C23H24O7S. The number of ether oxygens (including phenoxy) is 4. The van der Waals surface area contributed by atoms with Crippen molar-refractivity contribution in [2.24, 2.45) is 5.92 Å². The fourth-order valence-electron chi connectivity index (χ4n) is 3.13. The molecule has 164 valence electrons. The van der Waals surface area contributed by atoms with Gasteiger partial charge in [-0.15, -0.1) is 11.3 Å². The van der Waals surface area contributed by atoms with E-state index in [1.165, 1.54) is 25.6 Å². The summed E-state index contributed by atoms with van der Waals surface area (Å²) in [4.78, 5) is 38.0. The predicted molar refractivity (Wildman–Crippen MR) is 118 cm³/mol. The lowest BCUT2D eigenvalue weighted by Gasteiger charge is -2.16. The molecule has 0 atom stereocenters. The van der Waals surface area contributed by atoms with Gasteiger partial charge in [0.15, 0.2) is 11.3 Å². The number of carbonyl (C=O) groups is 2. The lowest BCUT2D eigenvalue weighted by molar-refractivity contribution is -0.163. The fraction of sp³-hybridized carbons (Fsp3) is 0.348. The first-order chi connectivity index (χ1) is 15.0. The summed E-state index contributed by atoms with van der Waals surface area (Å²) in [6.07, 6.45) is 0.0600. The first-order valence-electron chi connectivity index (χ1n) is 9.80. The highest BCUT2D eigenvalue weighted by atomic mass is 32.1. The van der Waals surface area contributed by atoms with Crippen molar-refractivity contribution in [1.29, 1.82) is 0 Å². The minimum Gasteiger partial charge on any atom is -0.463 e. The van der Waals surface area contributed by atoms with E-state index in [2.05, 4.69) is 0 Å². The summed E-state index contributed by atoms with van der Waals surface area (Å²) in [7, 11) is 2.98. The number of fused-ring (bicyclic) bond motifs is 2. The molecule has 0 radical (unpaired) electrons. The molecule has 0 N–H and O–H groups in total. The normalized spacial score (nSPS) is 11.2. The molecule has 1 heterocycles. The summed E-state index contributed by atoms with van der Waals surface area (Å²) < 4.78 is 21.8. The van der Waals surface area contributed by atoms with Gasteiger partial charge < -0.3 is 18.9 Å². The molecule has 2 aromatic carbocycles. The smallest absolute Gasteiger partial charge is 0.320 e. The molecule has 0 saturated carbocycles. The SMILES string of the molecule is COCCOC(=O)C(Cc1ccc2sc3ccccc3c(=O)c2c1)C(=O)OCCOC. The maximum atomic E-state index is 12.9. The van der Waals surface area contributed by atoms with Crippen LogP contribution in [-0.2, 0) is 35.0 Å². The zero-order valence-corrected chi connectivity index (χ0v) is 18.2. The average molecular weight is 445 g/mol. The summed E-state index contributed by atoms with van der Waals surface area (Å²) >= 11 is 1.52. The van der Waals surface area contributed by atoms with Crippen LogP contribution in [0.1, 0.15) is 5.56 Å². The van der Waals surface area contributed by atoms with Gasteiger partial charge in [-0.1, -0.05) is 18.2 Å². The molecule has 0 saturated heterocycles. The van der Waals surface area contributed by atoms with Crippen molar-refractivity contribution in [3.63, 3.8) is 0 Å². The van der Waals surface area contributed by atoms with Gasteiger partial charge in [0.2, 0.25) is 0 Å². The van der Waals surface area contributed by atoms with E-state index in [-0.39, 0.29) is 38.3 Å². The standard InChI is InChI=1S/C23H24O7S/c1-27-9-11-29-22(25)18(23(26)30-12-10-28-2)14-15-7-8-20-17(13-15)21(24)16-5-3-4-6-19(16)31-20/h3-8,13,18H,9-12,14H2,1-2H3. The van der Waals surface area contributed by atoms with Crippen molar-refractivity contribution in [3.05, 3.63) is 58.3 Å². The summed E-state index contributed by atoms with van der Waals surface area (Å²) in [6, 6.07) is 12.8. The van der Waals surface area contributed by atoms with Crippen molar-refractivity contribution in [2.45, 2.75) is 6.42 Å². The molecule has 0 bridgehead atoms. The molecule has 0 unspecified atom stereocenters. The zero-order valence-electron chi connectivity index (χ0n) is 17.4. The maximum absolute atomic E-state index is 12.9. The molecule has 3 rings (SSSR count). The van der Waals surface area contributed by atoms with Crippen molar-refractivity contribution in [2.75, 3.05) is 40.6 Å². The fourth-order valence-corrected chi connectivity index (χ4v) is 4.18. The Balaban J connectivity index is 1.88. The van der Waals surface area contributed by atoms with E-state index in [0.717, 1.165) is 9.40 Å². The molecule has 0 spiro atoms. The molecule has 0 amide bonds. The molecule has 7 nitrogen and oxygen atoms in total. The average Bonchev–Trinajstić information content (AvgIpc) is 2.78. The number of hydrogen-bond acceptors (Lipinski definition) is 8. The third-order valence-corrected chi connectivity index (χ3v) is 5.86. The lowest BCUT2D eigenvalue weighted by atomic mass is 9.98. The maximum Gasteiger partial charge on any atom is 0.320 e. The molecule has 0 fully saturated rings. The Morgan fingerprint density at radius 3 is 2.10 bits per heavy atom. The first-order valence-corrected chi connectivity index (χ1v) is 10.6. The van der Waals surface area contributed by atoms with Gasteiger partial charge in [-0.3, -0.25) is 14.4 Å². The van der Waals surface area contributed by atoms with Crippen LogP contribution >= 0.6 is 11.3 Å². The third kappa shape index (κ3) is 5.66. The monoisotopic (exact) mass is 444 g/mol. The van der Waals surface area contributed by atoms with Crippen molar-refractivity contribution >= 4 is 43.4 Å². The Kier molecular flexibility index (Phi) is 8.11. The number of hydrogen-bond donors (Lipinski definition) is 0. The molecular weight excluding hydrogens is 420 g/mol. The Hall–Kier alpha value is -2.81. The van der Waals surface area contributed by atoms with E-state index in [4.69, 9.17) is 18.9 Å².